The van der Waals surface area contributed by atoms with Crippen LogP contribution in [-0.4, -0.2) is 29.9 Å². The van der Waals surface area contributed by atoms with Gasteiger partial charge in [-0.2, -0.15) is 0 Å². The maximum absolute atomic E-state index is 5.21. The number of fused-ring (bicyclic) bond motifs is 9. The number of hydrogen-bond donors (Lipinski definition) is 0. The minimum atomic E-state index is 0.964. The van der Waals surface area contributed by atoms with Crippen LogP contribution in [0.2, 0.25) is 0 Å². The molecule has 588 valence electrons. The zero-order valence-corrected chi connectivity index (χ0v) is 68.7. The molecule has 6 nitrogen and oxygen atoms in total. The van der Waals surface area contributed by atoms with Crippen LogP contribution in [0.5, 0.6) is 0 Å². The summed E-state index contributed by atoms with van der Waals surface area (Å²) in [4.78, 5) is 28.9. The van der Waals surface area contributed by atoms with Crippen molar-refractivity contribution in [2.24, 2.45) is 0 Å². The average Bonchev–Trinajstić information content (AvgIpc) is 0.789. The Morgan fingerprint density at radius 3 is 0.770 bits per heavy atom. The van der Waals surface area contributed by atoms with E-state index in [1.807, 2.05) is 36.9 Å². The number of nitrogens with zero attached hydrogens (tertiary/aromatic N) is 6. The number of hydrogen-bond acceptors (Lipinski definition) is 6. The predicted octanol–water partition coefficient (Wildman–Crippen LogP) is 31.8. The minimum Gasteiger partial charge on any atom is -0.264 e. The van der Waals surface area contributed by atoms with E-state index in [9.17, 15) is 0 Å². The molecule has 6 heteroatoms. The summed E-state index contributed by atoms with van der Waals surface area (Å²) >= 11 is 0. The molecule has 0 fully saturated rings. The predicted molar refractivity (Wildman–Crippen MR) is 529 cm³/mol. The Bertz CT molecular complexity index is 7650. The highest BCUT2D eigenvalue weighted by Crippen LogP contribution is 2.41. The van der Waals surface area contributed by atoms with Gasteiger partial charge in [0.15, 0.2) is 0 Å². The molecule has 0 radical (unpaired) electrons. The SMILES string of the molecule is c1ccc2cc(-c3cc(-c4ccc(-c5ccc6ncccc6c5)cc4)cc(-c4ccc5ccccc5c4)n3)ccc2c1.c1ccc2cc(-c3cc(-c4ccc(-c5cccc6cnccc56)cc4)cc(-c4ccc5ccccc5c4)n3)ccc2c1.c1ccc2cc(-c3cc(-c4ccc(-c5cccc6ncccc56)cc4)cc(-c4ccc5ccccc5c4)n3)ccc2c1. The highest BCUT2D eigenvalue weighted by atomic mass is 14.7. The number of pyridine rings is 6. The lowest BCUT2D eigenvalue weighted by Crippen LogP contribution is -1.92. The second kappa shape index (κ2) is 33.3. The van der Waals surface area contributed by atoms with Gasteiger partial charge in [0.1, 0.15) is 0 Å². The number of benzene rings is 18. The first-order chi connectivity index (χ1) is 62.3. The summed E-state index contributed by atoms with van der Waals surface area (Å²) in [5.41, 5.74) is 28.5. The molecular formula is C120H78N6. The third kappa shape index (κ3) is 15.5. The van der Waals surface area contributed by atoms with Gasteiger partial charge in [-0.3, -0.25) is 15.0 Å². The molecule has 6 heterocycles. The van der Waals surface area contributed by atoms with Crippen LogP contribution in [0.3, 0.4) is 0 Å². The summed E-state index contributed by atoms with van der Waals surface area (Å²) in [5, 5.41) is 19.3. The Kier molecular flexibility index (Phi) is 19.9. The second-order valence-corrected chi connectivity index (χ2v) is 32.2. The molecular weight excluding hydrogens is 1530 g/mol. The van der Waals surface area contributed by atoms with Crippen LogP contribution in [0.15, 0.2) is 474 Å². The molecule has 126 heavy (non-hydrogen) atoms. The van der Waals surface area contributed by atoms with Crippen molar-refractivity contribution in [1.29, 1.82) is 0 Å². The molecule has 0 atom stereocenters. The van der Waals surface area contributed by atoms with Crippen LogP contribution in [0.25, 0.3) is 232 Å². The summed E-state index contributed by atoms with van der Waals surface area (Å²) in [6, 6.07) is 160. The smallest absolute Gasteiger partial charge is 0.0715 e. The largest absolute Gasteiger partial charge is 0.264 e. The molecule has 24 aromatic rings. The molecule has 0 aliphatic rings. The van der Waals surface area contributed by atoms with Gasteiger partial charge in [-0.25, -0.2) is 15.0 Å². The van der Waals surface area contributed by atoms with Crippen molar-refractivity contribution in [3.63, 3.8) is 0 Å². The fraction of sp³-hybridized carbons (Fsp3) is 0. The van der Waals surface area contributed by atoms with E-state index in [0.29, 0.717) is 0 Å². The van der Waals surface area contributed by atoms with Crippen LogP contribution in [0.1, 0.15) is 0 Å². The van der Waals surface area contributed by atoms with Gasteiger partial charge in [0.25, 0.3) is 0 Å². The monoisotopic (exact) mass is 1600 g/mol. The standard InChI is InChI=1S/3C40H26N2/c1-3-9-31-23-33(20-16-27(31)7-1)39-25-35(26-40(42-39)34-21-17-28-8-2-4-10-32(28)24-34)29-14-18-30(19-15-29)36-11-5-13-38-37(36)12-6-22-41-38;1-3-8-31-22-35(17-15-27(31)6-1)39-25-37(26-40(42-39)36-18-16-28-7-2-4-9-32(28)23-36)30-13-11-29(12-14-30)33-19-20-38-34(24-33)10-5-21-41-38;1-3-8-31-22-33(18-14-27(31)6-1)39-24-36(25-40(42-39)34-19-15-28-7-2-4-9-32(28)23-34)29-12-16-30(17-13-29)37-11-5-10-35-26-41-21-20-38(35)37/h3*1-26H. The summed E-state index contributed by atoms with van der Waals surface area (Å²) in [5.74, 6) is 0. The molecule has 0 N–H and O–H groups in total. The van der Waals surface area contributed by atoms with E-state index >= 15 is 0 Å². The molecule has 18 aromatic carbocycles. The first-order valence-electron chi connectivity index (χ1n) is 42.7. The lowest BCUT2D eigenvalue weighted by Gasteiger charge is -2.12. The topological polar surface area (TPSA) is 77.3 Å². The molecule has 0 saturated heterocycles. The van der Waals surface area contributed by atoms with E-state index < -0.39 is 0 Å². The third-order valence-corrected chi connectivity index (χ3v) is 24.3. The average molecular weight is 1600 g/mol. The molecule has 0 aliphatic carbocycles. The van der Waals surface area contributed by atoms with Crippen molar-refractivity contribution in [1.82, 2.24) is 29.9 Å². The maximum atomic E-state index is 5.21. The number of aromatic nitrogens is 6. The maximum Gasteiger partial charge on any atom is 0.0715 e. The van der Waals surface area contributed by atoms with Gasteiger partial charge in [-0.15, -0.1) is 0 Å². The van der Waals surface area contributed by atoms with Gasteiger partial charge in [0, 0.05) is 74.3 Å². The van der Waals surface area contributed by atoms with Crippen LogP contribution < -0.4 is 0 Å². The first-order valence-corrected chi connectivity index (χ1v) is 42.7. The fourth-order valence-electron chi connectivity index (χ4n) is 17.6. The second-order valence-electron chi connectivity index (χ2n) is 32.2. The van der Waals surface area contributed by atoms with E-state index in [0.717, 1.165) is 128 Å². The zero-order valence-electron chi connectivity index (χ0n) is 68.7. The van der Waals surface area contributed by atoms with Crippen molar-refractivity contribution in [2.45, 2.75) is 0 Å². The quantitative estimate of drug-likeness (QED) is 0.121. The van der Waals surface area contributed by atoms with Gasteiger partial charge in [0.2, 0.25) is 0 Å². The van der Waals surface area contributed by atoms with E-state index in [1.165, 1.54) is 103 Å². The van der Waals surface area contributed by atoms with Crippen LogP contribution in [0.4, 0.5) is 0 Å². The lowest BCUT2D eigenvalue weighted by atomic mass is 9.95. The molecule has 0 unspecified atom stereocenters. The van der Waals surface area contributed by atoms with E-state index in [-0.39, 0.29) is 0 Å². The molecule has 0 spiro atoms. The van der Waals surface area contributed by atoms with E-state index in [4.69, 9.17) is 15.0 Å². The zero-order chi connectivity index (χ0) is 83.6. The normalized spacial score (nSPS) is 11.3. The van der Waals surface area contributed by atoms with Gasteiger partial charge in [-0.1, -0.05) is 340 Å². The lowest BCUT2D eigenvalue weighted by molar-refractivity contribution is 1.33. The molecule has 0 aliphatic heterocycles. The third-order valence-electron chi connectivity index (χ3n) is 24.3. The van der Waals surface area contributed by atoms with E-state index in [2.05, 4.69) is 452 Å². The first kappa shape index (κ1) is 75.4. The molecule has 0 amide bonds. The highest BCUT2D eigenvalue weighted by molar-refractivity contribution is 6.00. The van der Waals surface area contributed by atoms with Crippen molar-refractivity contribution in [3.05, 3.63) is 474 Å². The van der Waals surface area contributed by atoms with Crippen LogP contribution in [0, 0.1) is 0 Å². The summed E-state index contributed by atoms with van der Waals surface area (Å²) < 4.78 is 0. The fourth-order valence-corrected chi connectivity index (χ4v) is 17.6. The molecule has 0 saturated carbocycles. The Labute approximate surface area is 730 Å². The Morgan fingerprint density at radius 2 is 0.405 bits per heavy atom. The summed E-state index contributed by atoms with van der Waals surface area (Å²) in [6.07, 6.45) is 7.47. The van der Waals surface area contributed by atoms with Gasteiger partial charge in [0.05, 0.1) is 45.2 Å². The summed E-state index contributed by atoms with van der Waals surface area (Å²) in [7, 11) is 0. The van der Waals surface area contributed by atoms with E-state index in [1.54, 1.807) is 0 Å². The van der Waals surface area contributed by atoms with Gasteiger partial charge in [-0.05, 0) is 246 Å². The van der Waals surface area contributed by atoms with Gasteiger partial charge < -0.3 is 0 Å². The molecule has 6 aromatic heterocycles. The molecule has 0 bridgehead atoms. The Hall–Kier alpha value is -16.8. The van der Waals surface area contributed by atoms with Crippen molar-refractivity contribution in [3.8, 4) is 134 Å². The van der Waals surface area contributed by atoms with Crippen molar-refractivity contribution >= 4 is 97.2 Å². The Balaban J connectivity index is 0.000000112. The van der Waals surface area contributed by atoms with Crippen molar-refractivity contribution < 1.29 is 0 Å². The minimum absolute atomic E-state index is 0.964. The van der Waals surface area contributed by atoms with Crippen molar-refractivity contribution in [2.75, 3.05) is 0 Å². The molecule has 24 rings (SSSR count). The van der Waals surface area contributed by atoms with Gasteiger partial charge >= 0.3 is 0 Å². The summed E-state index contributed by atoms with van der Waals surface area (Å²) in [6.45, 7) is 0. The Morgan fingerprint density at radius 1 is 0.135 bits per heavy atom. The highest BCUT2D eigenvalue weighted by Gasteiger charge is 2.18. The van der Waals surface area contributed by atoms with Crippen LogP contribution in [-0.2, 0) is 0 Å². The number of rotatable bonds is 12. The van der Waals surface area contributed by atoms with Crippen LogP contribution >= 0.6 is 0 Å².